The predicted molar refractivity (Wildman–Crippen MR) is 103 cm³/mol. The number of imidazole rings is 1. The van der Waals surface area contributed by atoms with Gasteiger partial charge in [0.2, 0.25) is 0 Å². The minimum absolute atomic E-state index is 0.000252. The Morgan fingerprint density at radius 3 is 2.67 bits per heavy atom. The lowest BCUT2D eigenvalue weighted by Crippen LogP contribution is -2.02. The van der Waals surface area contributed by atoms with E-state index in [1.54, 1.807) is 28.9 Å². The second-order valence-corrected chi connectivity index (χ2v) is 6.59. The van der Waals surface area contributed by atoms with Crippen LogP contribution in [0.25, 0.3) is 27.7 Å². The first-order chi connectivity index (χ1) is 13.0. The summed E-state index contributed by atoms with van der Waals surface area (Å²) in [5.74, 6) is -0.000252. The summed E-state index contributed by atoms with van der Waals surface area (Å²) < 4.78 is 1.77. The number of nitrogens with zero attached hydrogens (tertiary/aromatic N) is 5. The van der Waals surface area contributed by atoms with Crippen molar-refractivity contribution in [1.29, 1.82) is 5.26 Å². The Balaban J connectivity index is 2.05. The molecule has 0 aromatic carbocycles. The van der Waals surface area contributed by atoms with E-state index in [2.05, 4.69) is 21.0 Å². The number of aromatic nitrogens is 4. The van der Waals surface area contributed by atoms with Crippen molar-refractivity contribution in [1.82, 2.24) is 19.4 Å². The van der Waals surface area contributed by atoms with E-state index in [0.29, 0.717) is 28.6 Å². The van der Waals surface area contributed by atoms with Crippen molar-refractivity contribution in [2.75, 3.05) is 0 Å². The number of aryl methyl sites for hydroxylation is 1. The Morgan fingerprint density at radius 2 is 1.96 bits per heavy atom. The van der Waals surface area contributed by atoms with Crippen LogP contribution >= 0.6 is 11.6 Å². The molecule has 7 heteroatoms. The molecule has 4 aromatic heterocycles. The minimum atomic E-state index is -0.000252. The SMILES string of the molecule is CCC(=O)c1cc(C)c(-c2cc3cnc(Cl)cc3n3c(C#N)cnc23)cn1. The molecule has 0 bridgehead atoms. The number of carbonyl (C=O) groups is 1. The van der Waals surface area contributed by atoms with Gasteiger partial charge in [-0.3, -0.25) is 14.2 Å². The third-order valence-electron chi connectivity index (χ3n) is 4.54. The molecule has 4 rings (SSSR count). The van der Waals surface area contributed by atoms with Gasteiger partial charge in [0.25, 0.3) is 0 Å². The van der Waals surface area contributed by atoms with E-state index in [1.165, 1.54) is 6.20 Å². The number of hydrogen-bond donors (Lipinski definition) is 0. The second kappa shape index (κ2) is 6.45. The van der Waals surface area contributed by atoms with Crippen molar-refractivity contribution >= 4 is 33.9 Å². The maximum absolute atomic E-state index is 11.9. The summed E-state index contributed by atoms with van der Waals surface area (Å²) in [5.41, 5.74) is 4.80. The van der Waals surface area contributed by atoms with E-state index in [1.807, 2.05) is 19.9 Å². The van der Waals surface area contributed by atoms with Crippen LogP contribution < -0.4 is 0 Å². The van der Waals surface area contributed by atoms with E-state index in [4.69, 9.17) is 11.6 Å². The van der Waals surface area contributed by atoms with E-state index >= 15 is 0 Å². The number of ketones is 1. The van der Waals surface area contributed by atoms with Crippen LogP contribution in [0.3, 0.4) is 0 Å². The highest BCUT2D eigenvalue weighted by atomic mass is 35.5. The van der Waals surface area contributed by atoms with Crippen LogP contribution in [0.2, 0.25) is 5.15 Å². The van der Waals surface area contributed by atoms with Crippen molar-refractivity contribution in [3.8, 4) is 17.2 Å². The number of nitriles is 1. The Morgan fingerprint density at radius 1 is 1.15 bits per heavy atom. The highest BCUT2D eigenvalue weighted by Gasteiger charge is 2.17. The van der Waals surface area contributed by atoms with Gasteiger partial charge in [-0.25, -0.2) is 9.97 Å². The van der Waals surface area contributed by atoms with Gasteiger partial charge in [-0.2, -0.15) is 5.26 Å². The number of Topliss-reactive ketones (excluding diaryl/α,β-unsaturated/α-hetero) is 1. The molecule has 132 valence electrons. The molecule has 0 aliphatic heterocycles. The zero-order valence-electron chi connectivity index (χ0n) is 14.7. The summed E-state index contributed by atoms with van der Waals surface area (Å²) in [6.45, 7) is 3.74. The average Bonchev–Trinajstić information content (AvgIpc) is 3.11. The molecule has 0 aliphatic rings. The van der Waals surface area contributed by atoms with E-state index < -0.39 is 0 Å². The van der Waals surface area contributed by atoms with Crippen LogP contribution in [0.5, 0.6) is 0 Å². The fraction of sp³-hybridized carbons (Fsp3) is 0.150. The lowest BCUT2D eigenvalue weighted by molar-refractivity contribution is 0.0983. The van der Waals surface area contributed by atoms with Gasteiger partial charge in [-0.15, -0.1) is 0 Å². The van der Waals surface area contributed by atoms with E-state index in [-0.39, 0.29) is 5.78 Å². The zero-order valence-corrected chi connectivity index (χ0v) is 15.4. The lowest BCUT2D eigenvalue weighted by Gasteiger charge is -2.12. The van der Waals surface area contributed by atoms with Gasteiger partial charge in [0.1, 0.15) is 28.3 Å². The van der Waals surface area contributed by atoms with Crippen molar-refractivity contribution < 1.29 is 4.79 Å². The highest BCUT2D eigenvalue weighted by Crippen LogP contribution is 2.32. The first-order valence-corrected chi connectivity index (χ1v) is 8.77. The smallest absolute Gasteiger partial charge is 0.180 e. The molecule has 0 saturated heterocycles. The quantitative estimate of drug-likeness (QED) is 0.392. The summed E-state index contributed by atoms with van der Waals surface area (Å²) in [4.78, 5) is 24.9. The Hall–Kier alpha value is -3.30. The lowest BCUT2D eigenvalue weighted by atomic mass is 10.0. The van der Waals surface area contributed by atoms with Crippen molar-refractivity contribution in [3.05, 3.63) is 58.9 Å². The van der Waals surface area contributed by atoms with Gasteiger partial charge in [-0.1, -0.05) is 18.5 Å². The molecule has 0 aliphatic carbocycles. The molecule has 0 N–H and O–H groups in total. The Labute approximate surface area is 160 Å². The molecule has 4 heterocycles. The number of hydrogen-bond acceptors (Lipinski definition) is 5. The molecule has 0 unspecified atom stereocenters. The molecule has 0 fully saturated rings. The maximum Gasteiger partial charge on any atom is 0.180 e. The second-order valence-electron chi connectivity index (χ2n) is 6.20. The molecule has 0 saturated carbocycles. The van der Waals surface area contributed by atoms with Crippen LogP contribution in [0.4, 0.5) is 0 Å². The summed E-state index contributed by atoms with van der Waals surface area (Å²) in [5, 5.41) is 10.7. The molecule has 0 radical (unpaired) electrons. The minimum Gasteiger partial charge on any atom is -0.292 e. The largest absolute Gasteiger partial charge is 0.292 e. The highest BCUT2D eigenvalue weighted by molar-refractivity contribution is 6.30. The summed E-state index contributed by atoms with van der Waals surface area (Å²) in [6, 6.07) is 7.62. The van der Waals surface area contributed by atoms with Crippen LogP contribution in [0, 0.1) is 18.3 Å². The van der Waals surface area contributed by atoms with Gasteiger partial charge < -0.3 is 0 Å². The number of rotatable bonds is 3. The first kappa shape index (κ1) is 17.1. The summed E-state index contributed by atoms with van der Waals surface area (Å²) in [7, 11) is 0. The van der Waals surface area contributed by atoms with Crippen LogP contribution in [-0.4, -0.2) is 25.1 Å². The van der Waals surface area contributed by atoms with E-state index in [9.17, 15) is 10.1 Å². The van der Waals surface area contributed by atoms with Crippen molar-refractivity contribution in [3.63, 3.8) is 0 Å². The zero-order chi connectivity index (χ0) is 19.1. The number of halogens is 1. The van der Waals surface area contributed by atoms with E-state index in [0.717, 1.165) is 27.6 Å². The van der Waals surface area contributed by atoms with Gasteiger partial charge in [0.05, 0.1) is 11.7 Å². The number of pyridine rings is 3. The van der Waals surface area contributed by atoms with Gasteiger partial charge in [0.15, 0.2) is 5.78 Å². The number of carbonyl (C=O) groups excluding carboxylic acids is 1. The predicted octanol–water partition coefficient (Wildman–Crippen LogP) is 4.37. The molecule has 27 heavy (non-hydrogen) atoms. The molecule has 4 aromatic rings. The molecular formula is C20H14ClN5O. The fourth-order valence-electron chi connectivity index (χ4n) is 3.19. The molecule has 0 amide bonds. The molecule has 0 spiro atoms. The Bertz CT molecular complexity index is 1270. The Kier molecular flexibility index (Phi) is 4.09. The third-order valence-corrected chi connectivity index (χ3v) is 4.75. The summed E-state index contributed by atoms with van der Waals surface area (Å²) in [6.07, 6.45) is 5.29. The van der Waals surface area contributed by atoms with Gasteiger partial charge >= 0.3 is 0 Å². The standard InChI is InChI=1S/C20H14ClN5O/c1-3-18(27)16-4-11(2)15(10-23-16)14-5-12-8-24-19(21)6-17(12)26-13(7-22)9-25-20(14)26/h4-6,8-10H,3H2,1-2H3. The van der Waals surface area contributed by atoms with Crippen molar-refractivity contribution in [2.45, 2.75) is 20.3 Å². The van der Waals surface area contributed by atoms with Gasteiger partial charge in [0, 0.05) is 41.4 Å². The monoisotopic (exact) mass is 375 g/mol. The number of fused-ring (bicyclic) bond motifs is 3. The van der Waals surface area contributed by atoms with Gasteiger partial charge in [-0.05, 0) is 24.6 Å². The fourth-order valence-corrected chi connectivity index (χ4v) is 3.34. The third kappa shape index (κ3) is 2.73. The average molecular weight is 376 g/mol. The summed E-state index contributed by atoms with van der Waals surface area (Å²) >= 11 is 6.05. The van der Waals surface area contributed by atoms with Crippen LogP contribution in [0.15, 0.2) is 36.8 Å². The first-order valence-electron chi connectivity index (χ1n) is 8.39. The molecule has 0 atom stereocenters. The topological polar surface area (TPSA) is 83.9 Å². The van der Waals surface area contributed by atoms with Crippen molar-refractivity contribution in [2.24, 2.45) is 0 Å². The molecular weight excluding hydrogens is 362 g/mol. The normalized spacial score (nSPS) is 11.0. The molecule has 6 nitrogen and oxygen atoms in total. The maximum atomic E-state index is 11.9. The van der Waals surface area contributed by atoms with Crippen LogP contribution in [0.1, 0.15) is 35.1 Å². The van der Waals surface area contributed by atoms with Crippen LogP contribution in [-0.2, 0) is 0 Å².